The summed E-state index contributed by atoms with van der Waals surface area (Å²) in [6, 6.07) is 19.8. The van der Waals surface area contributed by atoms with Gasteiger partial charge >= 0.3 is 0 Å². The van der Waals surface area contributed by atoms with Gasteiger partial charge in [-0.3, -0.25) is 0 Å². The highest BCUT2D eigenvalue weighted by Crippen LogP contribution is 2.21. The number of hydrogen-bond acceptors (Lipinski definition) is 6. The Balaban J connectivity index is 1.29. The fourth-order valence-electron chi connectivity index (χ4n) is 2.86. The number of benzene rings is 2. The molecule has 6 heteroatoms. The molecule has 0 radical (unpaired) electrons. The Labute approximate surface area is 163 Å². The van der Waals surface area contributed by atoms with Gasteiger partial charge in [-0.15, -0.1) is 10.2 Å². The number of nitrogens with zero attached hydrogens (tertiary/aromatic N) is 4. The lowest BCUT2D eigenvalue weighted by atomic mass is 10.2. The van der Waals surface area contributed by atoms with Crippen LogP contribution in [0.5, 0.6) is 11.5 Å². The Kier molecular flexibility index (Phi) is 5.68. The second-order valence-corrected chi connectivity index (χ2v) is 6.36. The summed E-state index contributed by atoms with van der Waals surface area (Å²) in [5.41, 5.74) is 2.92. The van der Waals surface area contributed by atoms with Crippen molar-refractivity contribution in [2.75, 3.05) is 6.61 Å². The Hall–Kier alpha value is -3.54. The van der Waals surface area contributed by atoms with Gasteiger partial charge in [-0.25, -0.2) is 4.98 Å². The van der Waals surface area contributed by atoms with Crippen LogP contribution in [-0.2, 0) is 13.0 Å². The van der Waals surface area contributed by atoms with Gasteiger partial charge in [-0.2, -0.15) is 0 Å². The first-order valence-electron chi connectivity index (χ1n) is 9.19. The maximum absolute atomic E-state index is 5.89. The van der Waals surface area contributed by atoms with Crippen LogP contribution in [0.1, 0.15) is 17.7 Å². The molecule has 28 heavy (non-hydrogen) atoms. The lowest BCUT2D eigenvalue weighted by Gasteiger charge is -2.10. The third-order valence-electron chi connectivity index (χ3n) is 4.28. The van der Waals surface area contributed by atoms with Gasteiger partial charge in [0.1, 0.15) is 18.1 Å². The summed E-state index contributed by atoms with van der Waals surface area (Å²) in [6.45, 7) is 1.02. The minimum absolute atomic E-state index is 0.413. The second-order valence-electron chi connectivity index (χ2n) is 6.36. The zero-order chi connectivity index (χ0) is 19.0. The number of aryl methyl sites for hydroxylation is 1. The van der Waals surface area contributed by atoms with Crippen LogP contribution in [0.2, 0.25) is 0 Å². The van der Waals surface area contributed by atoms with Crippen molar-refractivity contribution < 1.29 is 9.47 Å². The minimum atomic E-state index is 0.413. The smallest absolute Gasteiger partial charge is 0.130 e. The Morgan fingerprint density at radius 2 is 1.61 bits per heavy atom. The molecule has 0 bridgehead atoms. The van der Waals surface area contributed by atoms with Crippen LogP contribution in [0.25, 0.3) is 10.9 Å². The fraction of sp³-hybridized carbons (Fsp3) is 0.182. The number of para-hydroxylation sites is 1. The van der Waals surface area contributed by atoms with Crippen molar-refractivity contribution in [2.45, 2.75) is 19.4 Å². The molecular formula is C22H20N4O2. The summed E-state index contributed by atoms with van der Waals surface area (Å²) >= 11 is 0. The molecule has 4 aromatic rings. The first-order chi connectivity index (χ1) is 13.9. The molecule has 0 unspecified atom stereocenters. The maximum Gasteiger partial charge on any atom is 0.130 e. The maximum atomic E-state index is 5.89. The SMILES string of the molecule is c1cc(OCCCc2cnnnc2)cc(OCc2ccc3ccccc3n2)c1. The van der Waals surface area contributed by atoms with E-state index in [9.17, 15) is 0 Å². The van der Waals surface area contributed by atoms with E-state index >= 15 is 0 Å². The molecule has 6 nitrogen and oxygen atoms in total. The number of aromatic nitrogens is 4. The van der Waals surface area contributed by atoms with Crippen molar-refractivity contribution in [2.24, 2.45) is 0 Å². The molecule has 0 atom stereocenters. The summed E-state index contributed by atoms with van der Waals surface area (Å²) in [5, 5.41) is 12.2. The van der Waals surface area contributed by atoms with Crippen molar-refractivity contribution in [3.05, 3.63) is 84.3 Å². The van der Waals surface area contributed by atoms with E-state index in [0.717, 1.165) is 46.5 Å². The summed E-state index contributed by atoms with van der Waals surface area (Å²) in [4.78, 5) is 4.63. The minimum Gasteiger partial charge on any atom is -0.493 e. The van der Waals surface area contributed by atoms with E-state index in [1.165, 1.54) is 0 Å². The number of rotatable bonds is 8. The molecule has 0 aliphatic carbocycles. The summed E-state index contributed by atoms with van der Waals surface area (Å²) in [5.74, 6) is 1.55. The van der Waals surface area contributed by atoms with Gasteiger partial charge in [-0.05, 0) is 47.9 Å². The highest BCUT2D eigenvalue weighted by molar-refractivity contribution is 5.78. The van der Waals surface area contributed by atoms with Gasteiger partial charge in [0, 0.05) is 11.5 Å². The van der Waals surface area contributed by atoms with E-state index < -0.39 is 0 Å². The van der Waals surface area contributed by atoms with Crippen LogP contribution >= 0.6 is 0 Å². The second kappa shape index (κ2) is 8.90. The van der Waals surface area contributed by atoms with Crippen LogP contribution < -0.4 is 9.47 Å². The standard InChI is InChI=1S/C22H20N4O2/c1-2-9-22-18(6-1)10-11-19(25-22)16-28-21-8-3-7-20(13-21)27-12-4-5-17-14-23-26-24-15-17/h1-3,6-11,13-15H,4-5,12,16H2. The average molecular weight is 372 g/mol. The van der Waals surface area contributed by atoms with E-state index in [1.807, 2.05) is 48.5 Å². The first-order valence-corrected chi connectivity index (χ1v) is 9.19. The van der Waals surface area contributed by atoms with Gasteiger partial charge < -0.3 is 9.47 Å². The van der Waals surface area contributed by atoms with Crippen LogP contribution in [0.15, 0.2) is 73.1 Å². The Bertz CT molecular complexity index is 1040. The first kappa shape index (κ1) is 17.9. The van der Waals surface area contributed by atoms with Crippen LogP contribution in [0.4, 0.5) is 0 Å². The summed E-state index contributed by atoms with van der Waals surface area (Å²) in [7, 11) is 0. The summed E-state index contributed by atoms with van der Waals surface area (Å²) in [6.07, 6.45) is 5.18. The lowest BCUT2D eigenvalue weighted by Crippen LogP contribution is -2.01. The predicted octanol–water partition coefficient (Wildman–Crippen LogP) is 4.01. The van der Waals surface area contributed by atoms with E-state index in [4.69, 9.17) is 9.47 Å². The summed E-state index contributed by atoms with van der Waals surface area (Å²) < 4.78 is 11.7. The molecule has 2 aromatic heterocycles. The van der Waals surface area contributed by atoms with E-state index in [-0.39, 0.29) is 0 Å². The molecular weight excluding hydrogens is 352 g/mol. The number of ether oxygens (including phenoxy) is 2. The third kappa shape index (κ3) is 4.79. The zero-order valence-electron chi connectivity index (χ0n) is 15.4. The van der Waals surface area contributed by atoms with Crippen molar-refractivity contribution in [3.8, 4) is 11.5 Å². The molecule has 0 aliphatic heterocycles. The van der Waals surface area contributed by atoms with E-state index in [2.05, 4.69) is 32.5 Å². The number of hydrogen-bond donors (Lipinski definition) is 0. The molecule has 0 fully saturated rings. The van der Waals surface area contributed by atoms with Gasteiger partial charge in [0.2, 0.25) is 0 Å². The lowest BCUT2D eigenvalue weighted by molar-refractivity contribution is 0.290. The number of fused-ring (bicyclic) bond motifs is 1. The van der Waals surface area contributed by atoms with Crippen molar-refractivity contribution in [1.82, 2.24) is 20.4 Å². The van der Waals surface area contributed by atoms with Crippen molar-refractivity contribution >= 4 is 10.9 Å². The van der Waals surface area contributed by atoms with E-state index in [0.29, 0.717) is 13.2 Å². The van der Waals surface area contributed by atoms with Gasteiger partial charge in [0.25, 0.3) is 0 Å². The van der Waals surface area contributed by atoms with Crippen molar-refractivity contribution in [1.29, 1.82) is 0 Å². The molecule has 0 saturated carbocycles. The molecule has 2 heterocycles. The monoisotopic (exact) mass is 372 g/mol. The Morgan fingerprint density at radius 3 is 2.50 bits per heavy atom. The molecule has 0 amide bonds. The highest BCUT2D eigenvalue weighted by Gasteiger charge is 2.02. The van der Waals surface area contributed by atoms with Crippen LogP contribution in [0.3, 0.4) is 0 Å². The van der Waals surface area contributed by atoms with Crippen LogP contribution in [-0.4, -0.2) is 27.0 Å². The Morgan fingerprint density at radius 1 is 0.786 bits per heavy atom. The van der Waals surface area contributed by atoms with Gasteiger partial charge in [0.05, 0.1) is 30.2 Å². The average Bonchev–Trinajstić information content (AvgIpc) is 2.76. The third-order valence-corrected chi connectivity index (χ3v) is 4.28. The molecule has 2 aromatic carbocycles. The van der Waals surface area contributed by atoms with Crippen LogP contribution in [0, 0.1) is 0 Å². The molecule has 0 spiro atoms. The highest BCUT2D eigenvalue weighted by atomic mass is 16.5. The quantitative estimate of drug-likeness (QED) is 0.435. The van der Waals surface area contributed by atoms with E-state index in [1.54, 1.807) is 12.4 Å². The molecule has 140 valence electrons. The molecule has 0 aliphatic rings. The molecule has 0 saturated heterocycles. The van der Waals surface area contributed by atoms with Gasteiger partial charge in [-0.1, -0.05) is 30.3 Å². The molecule has 0 N–H and O–H groups in total. The topological polar surface area (TPSA) is 70.0 Å². The van der Waals surface area contributed by atoms with Gasteiger partial charge in [0.15, 0.2) is 0 Å². The predicted molar refractivity (Wildman–Crippen MR) is 106 cm³/mol. The fourth-order valence-corrected chi connectivity index (χ4v) is 2.86. The zero-order valence-corrected chi connectivity index (χ0v) is 15.4. The largest absolute Gasteiger partial charge is 0.493 e. The molecule has 4 rings (SSSR count). The normalized spacial score (nSPS) is 10.7. The van der Waals surface area contributed by atoms with Crippen molar-refractivity contribution in [3.63, 3.8) is 0 Å². The number of pyridine rings is 1.